The highest BCUT2D eigenvalue weighted by atomic mass is 16.7. The Balaban J connectivity index is 1.47. The average Bonchev–Trinajstić information content (AvgIpc) is 2.88. The maximum atomic E-state index is 11.8. The van der Waals surface area contributed by atoms with Crippen LogP contribution in [0.2, 0.25) is 0 Å². The number of ether oxygens (including phenoxy) is 3. The molecular weight excluding hydrogens is 432 g/mol. The van der Waals surface area contributed by atoms with Gasteiger partial charge in [0.1, 0.15) is 6.61 Å². The number of likely N-dealkylation sites (tertiary alicyclic amines) is 1. The number of nitrogens with zero attached hydrogens (tertiary/aromatic N) is 1. The van der Waals surface area contributed by atoms with Crippen LogP contribution in [-0.2, 0) is 20.8 Å². The molecule has 182 valence electrons. The zero-order valence-electron chi connectivity index (χ0n) is 19.5. The molecule has 0 radical (unpaired) electrons. The van der Waals surface area contributed by atoms with Crippen molar-refractivity contribution in [2.24, 2.45) is 0 Å². The van der Waals surface area contributed by atoms with Crippen LogP contribution in [0, 0.1) is 0 Å². The van der Waals surface area contributed by atoms with Gasteiger partial charge in [0, 0.05) is 24.2 Å². The topological polar surface area (TPSA) is 80.3 Å². The van der Waals surface area contributed by atoms with Gasteiger partial charge in [0.15, 0.2) is 6.29 Å². The Morgan fingerprint density at radius 3 is 2.44 bits per heavy atom. The van der Waals surface area contributed by atoms with E-state index in [0.717, 1.165) is 42.7 Å². The summed E-state index contributed by atoms with van der Waals surface area (Å²) in [5.74, 6) is 0. The molecule has 2 fully saturated rings. The molecule has 7 nitrogen and oxygen atoms in total. The number of aliphatic hydroxyl groups is 1. The lowest BCUT2D eigenvalue weighted by atomic mass is 9.99. The molecule has 2 aromatic carbocycles. The summed E-state index contributed by atoms with van der Waals surface area (Å²) in [6.07, 6.45) is 4.99. The Bertz CT molecular complexity index is 925. The third-order valence-electron chi connectivity index (χ3n) is 6.29. The second-order valence-electron chi connectivity index (χ2n) is 8.85. The van der Waals surface area contributed by atoms with E-state index in [0.29, 0.717) is 5.69 Å². The number of amides is 1. The Morgan fingerprint density at radius 1 is 1.06 bits per heavy atom. The Labute approximate surface area is 201 Å². The maximum absolute atomic E-state index is 11.8. The second-order valence-corrected chi connectivity index (χ2v) is 8.85. The van der Waals surface area contributed by atoms with Gasteiger partial charge in [0.25, 0.3) is 0 Å². The molecule has 2 aliphatic heterocycles. The van der Waals surface area contributed by atoms with Gasteiger partial charge in [-0.05, 0) is 49.2 Å². The summed E-state index contributed by atoms with van der Waals surface area (Å²) in [6, 6.07) is 15.4. The molecule has 2 heterocycles. The van der Waals surface area contributed by atoms with Crippen molar-refractivity contribution < 1.29 is 24.1 Å². The molecule has 0 bridgehead atoms. The number of anilines is 1. The Hall–Kier alpha value is -2.71. The normalized spacial score (nSPS) is 23.3. The number of hydrogen-bond donors (Lipinski definition) is 2. The molecule has 2 aromatic rings. The molecule has 3 atom stereocenters. The van der Waals surface area contributed by atoms with Crippen molar-refractivity contribution >= 4 is 11.8 Å². The smallest absolute Gasteiger partial charge is 0.411 e. The van der Waals surface area contributed by atoms with E-state index in [2.05, 4.69) is 16.8 Å². The first-order valence-corrected chi connectivity index (χ1v) is 12.0. The molecule has 1 amide bonds. The van der Waals surface area contributed by atoms with Crippen LogP contribution >= 0.6 is 0 Å². The monoisotopic (exact) mass is 466 g/mol. The van der Waals surface area contributed by atoms with Crippen LogP contribution in [0.5, 0.6) is 0 Å². The number of carbonyl (C=O) groups is 1. The van der Waals surface area contributed by atoms with Crippen molar-refractivity contribution in [3.63, 3.8) is 0 Å². The van der Waals surface area contributed by atoms with Gasteiger partial charge in [0.05, 0.1) is 18.8 Å². The third kappa shape index (κ3) is 6.67. The summed E-state index contributed by atoms with van der Waals surface area (Å²) in [7, 11) is 0. The minimum atomic E-state index is -0.522. The molecule has 0 saturated carbocycles. The predicted molar refractivity (Wildman–Crippen MR) is 130 cm³/mol. The lowest BCUT2D eigenvalue weighted by Gasteiger charge is -2.39. The lowest BCUT2D eigenvalue weighted by Crippen LogP contribution is -2.41. The lowest BCUT2D eigenvalue weighted by molar-refractivity contribution is -0.253. The summed E-state index contributed by atoms with van der Waals surface area (Å²) in [5.41, 5.74) is 3.49. The van der Waals surface area contributed by atoms with E-state index in [4.69, 9.17) is 14.2 Å². The molecule has 3 unspecified atom stereocenters. The first-order valence-electron chi connectivity index (χ1n) is 12.0. The van der Waals surface area contributed by atoms with Crippen LogP contribution in [0.3, 0.4) is 0 Å². The molecule has 0 aliphatic carbocycles. The molecular formula is C27H34N2O5. The molecule has 0 spiro atoms. The first-order chi connectivity index (χ1) is 16.6. The molecule has 0 aromatic heterocycles. The van der Waals surface area contributed by atoms with Crippen molar-refractivity contribution in [1.29, 1.82) is 0 Å². The number of rotatable bonds is 8. The first kappa shape index (κ1) is 24.4. The summed E-state index contributed by atoms with van der Waals surface area (Å²) in [4.78, 5) is 14.3. The van der Waals surface area contributed by atoms with Gasteiger partial charge in [-0.25, -0.2) is 4.79 Å². The van der Waals surface area contributed by atoms with Gasteiger partial charge in [-0.1, -0.05) is 55.5 Å². The van der Waals surface area contributed by atoms with E-state index in [1.807, 2.05) is 48.5 Å². The standard InChI is InChI=1S/C27H34N2O5/c1-2-16-32-27(31)28-23-12-10-22(11-13-23)26-33-24(18-29-14-4-3-5-15-29)17-25(34-26)21-8-6-20(19-30)7-9-21/h2,6-13,24-26,30H,1,3-5,14-19H2,(H,28,31). The van der Waals surface area contributed by atoms with Gasteiger partial charge in [-0.3, -0.25) is 5.32 Å². The number of hydrogen-bond acceptors (Lipinski definition) is 6. The zero-order valence-corrected chi connectivity index (χ0v) is 19.5. The Morgan fingerprint density at radius 2 is 1.76 bits per heavy atom. The zero-order chi connectivity index (χ0) is 23.8. The van der Waals surface area contributed by atoms with Crippen LogP contribution in [0.1, 0.15) is 54.8 Å². The van der Waals surface area contributed by atoms with Crippen LogP contribution in [0.25, 0.3) is 0 Å². The fraction of sp³-hybridized carbons (Fsp3) is 0.444. The quantitative estimate of drug-likeness (QED) is 0.536. The van der Waals surface area contributed by atoms with Crippen LogP contribution in [0.15, 0.2) is 61.2 Å². The summed E-state index contributed by atoms with van der Waals surface area (Å²) >= 11 is 0. The fourth-order valence-corrected chi connectivity index (χ4v) is 4.48. The SMILES string of the molecule is C=CCOC(=O)Nc1ccc(C2OC(CN3CCCCC3)CC(c3ccc(CO)cc3)O2)cc1. The summed E-state index contributed by atoms with van der Waals surface area (Å²) < 4.78 is 17.8. The molecule has 7 heteroatoms. The van der Waals surface area contributed by atoms with Crippen molar-refractivity contribution in [2.45, 2.75) is 50.8 Å². The number of aliphatic hydroxyl groups excluding tert-OH is 1. The van der Waals surface area contributed by atoms with E-state index >= 15 is 0 Å². The van der Waals surface area contributed by atoms with Crippen molar-refractivity contribution in [1.82, 2.24) is 4.90 Å². The summed E-state index contributed by atoms with van der Waals surface area (Å²) in [5, 5.41) is 12.1. The minimum absolute atomic E-state index is 0.0244. The van der Waals surface area contributed by atoms with E-state index in [1.54, 1.807) is 0 Å². The van der Waals surface area contributed by atoms with Gasteiger partial charge in [-0.2, -0.15) is 0 Å². The molecule has 2 aliphatic rings. The summed E-state index contributed by atoms with van der Waals surface area (Å²) in [6.45, 7) is 6.84. The number of carbonyl (C=O) groups excluding carboxylic acids is 1. The largest absolute Gasteiger partial charge is 0.445 e. The second kappa shape index (κ2) is 12.1. The van der Waals surface area contributed by atoms with Crippen LogP contribution in [0.4, 0.5) is 10.5 Å². The molecule has 2 saturated heterocycles. The van der Waals surface area contributed by atoms with Crippen LogP contribution in [-0.4, -0.2) is 48.4 Å². The van der Waals surface area contributed by atoms with Crippen LogP contribution < -0.4 is 5.32 Å². The van der Waals surface area contributed by atoms with E-state index in [1.165, 1.54) is 25.3 Å². The minimum Gasteiger partial charge on any atom is -0.445 e. The number of benzene rings is 2. The van der Waals surface area contributed by atoms with Crippen molar-refractivity contribution in [2.75, 3.05) is 31.6 Å². The van der Waals surface area contributed by atoms with Gasteiger partial charge in [-0.15, -0.1) is 0 Å². The average molecular weight is 467 g/mol. The van der Waals surface area contributed by atoms with Crippen molar-refractivity contribution in [3.8, 4) is 0 Å². The number of nitrogens with one attached hydrogen (secondary N) is 1. The van der Waals surface area contributed by atoms with E-state index < -0.39 is 12.4 Å². The van der Waals surface area contributed by atoms with Gasteiger partial charge < -0.3 is 24.2 Å². The Kier molecular flexibility index (Phi) is 8.71. The highest BCUT2D eigenvalue weighted by Gasteiger charge is 2.33. The third-order valence-corrected chi connectivity index (χ3v) is 6.29. The van der Waals surface area contributed by atoms with E-state index in [-0.39, 0.29) is 25.4 Å². The van der Waals surface area contributed by atoms with E-state index in [9.17, 15) is 9.90 Å². The van der Waals surface area contributed by atoms with Gasteiger partial charge >= 0.3 is 6.09 Å². The highest BCUT2D eigenvalue weighted by molar-refractivity contribution is 5.84. The molecule has 34 heavy (non-hydrogen) atoms. The predicted octanol–water partition coefficient (Wildman–Crippen LogP) is 4.94. The maximum Gasteiger partial charge on any atom is 0.411 e. The van der Waals surface area contributed by atoms with Crippen molar-refractivity contribution in [3.05, 3.63) is 77.9 Å². The number of piperidine rings is 1. The molecule has 4 rings (SSSR count). The van der Waals surface area contributed by atoms with Gasteiger partial charge in [0.2, 0.25) is 0 Å². The highest BCUT2D eigenvalue weighted by Crippen LogP contribution is 2.38. The fourth-order valence-electron chi connectivity index (χ4n) is 4.48. The molecule has 2 N–H and O–H groups in total.